The highest BCUT2D eigenvalue weighted by Gasteiger charge is 2.27. The van der Waals surface area contributed by atoms with Crippen molar-refractivity contribution in [2.24, 2.45) is 0 Å². The molecule has 0 aliphatic rings. The Morgan fingerprint density at radius 3 is 1.65 bits per heavy atom. The highest BCUT2D eigenvalue weighted by Crippen LogP contribution is 2.42. The second kappa shape index (κ2) is 5.36. The Bertz CT molecular complexity index is 482. The minimum Gasteiger partial charge on any atom is -0.487 e. The Labute approximate surface area is 133 Å². The minimum absolute atomic E-state index is 0.0460. The summed E-state index contributed by atoms with van der Waals surface area (Å²) in [7, 11) is 0. The molecule has 0 bridgehead atoms. The van der Waals surface area contributed by atoms with Crippen LogP contribution in [0.15, 0.2) is 16.6 Å². The number of hydrogen-bond acceptors (Lipinski definition) is 1. The Kier molecular flexibility index (Phi) is 4.71. The quantitative estimate of drug-likeness (QED) is 0.589. The smallest absolute Gasteiger partial charge is 0.138 e. The van der Waals surface area contributed by atoms with Gasteiger partial charge in [0.05, 0.1) is 4.47 Å². The summed E-state index contributed by atoms with van der Waals surface area (Å²) in [6.07, 6.45) is 0. The van der Waals surface area contributed by atoms with Crippen molar-refractivity contribution in [2.75, 3.05) is 0 Å². The van der Waals surface area contributed by atoms with Gasteiger partial charge in [-0.25, -0.2) is 0 Å². The van der Waals surface area contributed by atoms with E-state index in [0.717, 1.165) is 10.2 Å². The van der Waals surface area contributed by atoms with E-state index in [0.29, 0.717) is 0 Å². The van der Waals surface area contributed by atoms with Crippen LogP contribution in [0.4, 0.5) is 0 Å². The molecule has 1 nitrogen and oxygen atoms in total. The molecule has 2 heteroatoms. The molecule has 0 atom stereocenters. The van der Waals surface area contributed by atoms with E-state index in [1.54, 1.807) is 0 Å². The predicted octanol–water partition coefficient (Wildman–Crippen LogP) is 6.22. The van der Waals surface area contributed by atoms with Crippen LogP contribution < -0.4 is 4.74 Å². The summed E-state index contributed by atoms with van der Waals surface area (Å²) >= 11 is 3.71. The van der Waals surface area contributed by atoms with E-state index in [1.807, 2.05) is 0 Å². The van der Waals surface area contributed by atoms with E-state index >= 15 is 0 Å². The van der Waals surface area contributed by atoms with Crippen molar-refractivity contribution in [3.63, 3.8) is 0 Å². The van der Waals surface area contributed by atoms with Gasteiger partial charge in [-0.3, -0.25) is 0 Å². The SMILES string of the molecule is CC(C)(C)Oc1c(Br)cc(C(C)(C)C)cc1C(C)(C)C. The van der Waals surface area contributed by atoms with Crippen LogP contribution in [0.1, 0.15) is 73.4 Å². The molecule has 0 saturated carbocycles. The van der Waals surface area contributed by atoms with Gasteiger partial charge in [-0.2, -0.15) is 0 Å². The summed E-state index contributed by atoms with van der Waals surface area (Å²) < 4.78 is 7.26. The molecule has 0 N–H and O–H groups in total. The monoisotopic (exact) mass is 340 g/mol. The maximum absolute atomic E-state index is 6.21. The third-order valence-corrected chi connectivity index (χ3v) is 3.71. The number of hydrogen-bond donors (Lipinski definition) is 0. The van der Waals surface area contributed by atoms with E-state index in [9.17, 15) is 0 Å². The van der Waals surface area contributed by atoms with E-state index in [1.165, 1.54) is 11.1 Å². The first-order valence-corrected chi connectivity index (χ1v) is 8.04. The first kappa shape index (κ1) is 17.6. The fraction of sp³-hybridized carbons (Fsp3) is 0.667. The van der Waals surface area contributed by atoms with Gasteiger partial charge in [0.1, 0.15) is 11.4 Å². The summed E-state index contributed by atoms with van der Waals surface area (Å²) in [5.41, 5.74) is 2.56. The second-order valence-electron chi connectivity index (χ2n) is 8.55. The lowest BCUT2D eigenvalue weighted by Gasteiger charge is -2.31. The lowest BCUT2D eigenvalue weighted by molar-refractivity contribution is 0.126. The van der Waals surface area contributed by atoms with Crippen LogP contribution in [0.5, 0.6) is 5.75 Å². The Balaban J connectivity index is 3.52. The van der Waals surface area contributed by atoms with Crippen molar-refractivity contribution in [3.8, 4) is 5.75 Å². The molecule has 20 heavy (non-hydrogen) atoms. The second-order valence-corrected chi connectivity index (χ2v) is 9.40. The van der Waals surface area contributed by atoms with E-state index in [-0.39, 0.29) is 16.4 Å². The molecule has 0 saturated heterocycles. The van der Waals surface area contributed by atoms with Gasteiger partial charge in [0, 0.05) is 5.56 Å². The third-order valence-electron chi connectivity index (χ3n) is 3.13. The fourth-order valence-electron chi connectivity index (χ4n) is 1.99. The average molecular weight is 341 g/mol. The summed E-state index contributed by atoms with van der Waals surface area (Å²) in [5.74, 6) is 0.970. The number of rotatable bonds is 1. The van der Waals surface area contributed by atoms with Crippen LogP contribution in [-0.2, 0) is 10.8 Å². The molecule has 0 aromatic heterocycles. The van der Waals surface area contributed by atoms with Crippen LogP contribution in [0, 0.1) is 0 Å². The van der Waals surface area contributed by atoms with E-state index in [2.05, 4.69) is 90.4 Å². The number of ether oxygens (including phenoxy) is 1. The summed E-state index contributed by atoms with van der Waals surface area (Å²) in [6, 6.07) is 4.49. The topological polar surface area (TPSA) is 9.23 Å². The number of halogens is 1. The minimum atomic E-state index is -0.203. The van der Waals surface area contributed by atoms with Gasteiger partial charge < -0.3 is 4.74 Å². The molecule has 0 aliphatic heterocycles. The molecule has 0 spiro atoms. The summed E-state index contributed by atoms with van der Waals surface area (Å²) in [4.78, 5) is 0. The van der Waals surface area contributed by atoms with Crippen molar-refractivity contribution >= 4 is 15.9 Å². The third kappa shape index (κ3) is 4.51. The van der Waals surface area contributed by atoms with Gasteiger partial charge in [-0.05, 0) is 59.2 Å². The maximum Gasteiger partial charge on any atom is 0.138 e. The lowest BCUT2D eigenvalue weighted by atomic mass is 9.80. The van der Waals surface area contributed by atoms with Crippen LogP contribution in [0.2, 0.25) is 0 Å². The molecular formula is C18H29BrO. The van der Waals surface area contributed by atoms with Crippen LogP contribution in [-0.4, -0.2) is 5.60 Å². The molecule has 0 fully saturated rings. The van der Waals surface area contributed by atoms with E-state index < -0.39 is 0 Å². The van der Waals surface area contributed by atoms with Crippen LogP contribution >= 0.6 is 15.9 Å². The molecule has 0 heterocycles. The fourth-order valence-corrected chi connectivity index (χ4v) is 2.53. The van der Waals surface area contributed by atoms with Crippen LogP contribution in [0.3, 0.4) is 0 Å². The van der Waals surface area contributed by atoms with E-state index in [4.69, 9.17) is 4.74 Å². The molecule has 0 radical (unpaired) electrons. The van der Waals surface area contributed by atoms with Gasteiger partial charge >= 0.3 is 0 Å². The van der Waals surface area contributed by atoms with Crippen molar-refractivity contribution in [2.45, 2.75) is 78.7 Å². The average Bonchev–Trinajstić information content (AvgIpc) is 2.15. The Morgan fingerprint density at radius 1 is 0.800 bits per heavy atom. The van der Waals surface area contributed by atoms with Crippen molar-refractivity contribution < 1.29 is 4.74 Å². The molecule has 1 rings (SSSR count). The van der Waals surface area contributed by atoms with Gasteiger partial charge in [0.15, 0.2) is 0 Å². The summed E-state index contributed by atoms with van der Waals surface area (Å²) in [5, 5.41) is 0. The van der Waals surface area contributed by atoms with Gasteiger partial charge in [-0.15, -0.1) is 0 Å². The van der Waals surface area contributed by atoms with Gasteiger partial charge in [0.2, 0.25) is 0 Å². The molecule has 1 aromatic carbocycles. The predicted molar refractivity (Wildman–Crippen MR) is 91.9 cm³/mol. The highest BCUT2D eigenvalue weighted by molar-refractivity contribution is 9.10. The summed E-state index contributed by atoms with van der Waals surface area (Å²) in [6.45, 7) is 19.7. The lowest BCUT2D eigenvalue weighted by Crippen LogP contribution is -2.26. The molecule has 0 unspecified atom stereocenters. The Hall–Kier alpha value is -0.500. The zero-order valence-corrected chi connectivity index (χ0v) is 16.0. The largest absolute Gasteiger partial charge is 0.487 e. The zero-order chi connectivity index (χ0) is 15.9. The Morgan fingerprint density at radius 2 is 1.30 bits per heavy atom. The van der Waals surface area contributed by atoms with Crippen molar-refractivity contribution in [1.82, 2.24) is 0 Å². The molecule has 1 aromatic rings. The zero-order valence-electron chi connectivity index (χ0n) is 14.4. The highest BCUT2D eigenvalue weighted by atomic mass is 79.9. The van der Waals surface area contributed by atoms with Gasteiger partial charge in [0.25, 0.3) is 0 Å². The molecular weight excluding hydrogens is 312 g/mol. The van der Waals surface area contributed by atoms with Crippen LogP contribution in [0.25, 0.3) is 0 Å². The van der Waals surface area contributed by atoms with Crippen molar-refractivity contribution in [3.05, 3.63) is 27.7 Å². The van der Waals surface area contributed by atoms with Crippen molar-refractivity contribution in [1.29, 1.82) is 0 Å². The molecule has 0 amide bonds. The standard InChI is InChI=1S/C18H29BrO/c1-16(2,3)12-10-13(17(4,5)6)15(14(19)11-12)20-18(7,8)9/h10-11H,1-9H3. The number of benzene rings is 1. The maximum atomic E-state index is 6.21. The normalized spacial score (nSPS) is 13.5. The first-order chi connectivity index (χ1) is 8.72. The van der Waals surface area contributed by atoms with Gasteiger partial charge in [-0.1, -0.05) is 47.6 Å². The first-order valence-electron chi connectivity index (χ1n) is 7.25. The molecule has 0 aliphatic carbocycles. The molecule has 114 valence electrons.